The molecule has 6 heteroatoms. The minimum Gasteiger partial charge on any atom is -0.495 e. The van der Waals surface area contributed by atoms with Gasteiger partial charge in [0.1, 0.15) is 11.7 Å². The lowest BCUT2D eigenvalue weighted by atomic mass is 9.93. The van der Waals surface area contributed by atoms with Crippen molar-refractivity contribution < 1.29 is 14.7 Å². The quantitative estimate of drug-likeness (QED) is 0.371. The Morgan fingerprint density at radius 2 is 2.00 bits per heavy atom. The lowest BCUT2D eigenvalue weighted by Crippen LogP contribution is -2.43. The molecule has 6 nitrogen and oxygen atoms in total. The van der Waals surface area contributed by atoms with E-state index in [1.807, 2.05) is 26.0 Å². The highest BCUT2D eigenvalue weighted by Gasteiger charge is 2.30. The number of nitrogens with two attached hydrogens (primary N) is 1. The second kappa shape index (κ2) is 6.79. The summed E-state index contributed by atoms with van der Waals surface area (Å²) in [6.45, 7) is 3.69. The molecular weight excluding hydrogens is 258 g/mol. The summed E-state index contributed by atoms with van der Waals surface area (Å²) in [4.78, 5) is 14.0. The molecule has 1 unspecified atom stereocenters. The molecule has 0 saturated heterocycles. The number of rotatable bonds is 5. The number of nitrogens with zero attached hydrogens (tertiary/aromatic N) is 2. The summed E-state index contributed by atoms with van der Waals surface area (Å²) >= 11 is 0. The molecule has 0 aromatic heterocycles. The summed E-state index contributed by atoms with van der Waals surface area (Å²) < 4.78 is 5.24. The molecule has 1 amide bonds. The van der Waals surface area contributed by atoms with Gasteiger partial charge < -0.3 is 20.6 Å². The molecule has 20 heavy (non-hydrogen) atoms. The van der Waals surface area contributed by atoms with Crippen LogP contribution in [0.15, 0.2) is 29.4 Å². The van der Waals surface area contributed by atoms with Crippen LogP contribution in [-0.4, -0.2) is 31.1 Å². The highest BCUT2D eigenvalue weighted by atomic mass is 16.5. The number of anilines is 1. The molecule has 0 radical (unpaired) electrons. The van der Waals surface area contributed by atoms with Crippen LogP contribution in [-0.2, 0) is 4.79 Å². The Balaban J connectivity index is 3.12. The van der Waals surface area contributed by atoms with E-state index in [0.29, 0.717) is 11.4 Å². The Labute approximate surface area is 118 Å². The fourth-order valence-corrected chi connectivity index (χ4v) is 2.05. The zero-order valence-electron chi connectivity index (χ0n) is 12.2. The minimum atomic E-state index is -0.685. The molecule has 0 aliphatic heterocycles. The maximum atomic E-state index is 12.6. The summed E-state index contributed by atoms with van der Waals surface area (Å²) in [5.74, 6) is -0.526. The van der Waals surface area contributed by atoms with E-state index >= 15 is 0 Å². The van der Waals surface area contributed by atoms with Crippen molar-refractivity contribution in [2.45, 2.75) is 13.8 Å². The molecule has 0 fully saturated rings. The zero-order valence-corrected chi connectivity index (χ0v) is 12.2. The van der Waals surface area contributed by atoms with Crippen LogP contribution in [0.5, 0.6) is 5.75 Å². The molecule has 0 spiro atoms. The Hall–Kier alpha value is -2.24. The van der Waals surface area contributed by atoms with E-state index in [4.69, 9.17) is 15.7 Å². The summed E-state index contributed by atoms with van der Waals surface area (Å²) in [5, 5.41) is 11.8. The average molecular weight is 279 g/mol. The van der Waals surface area contributed by atoms with Gasteiger partial charge >= 0.3 is 0 Å². The number of hydrogen-bond donors (Lipinski definition) is 2. The van der Waals surface area contributed by atoms with Crippen LogP contribution >= 0.6 is 0 Å². The number of para-hydroxylation sites is 2. The molecule has 1 aromatic carbocycles. The first kappa shape index (κ1) is 15.8. The highest BCUT2D eigenvalue weighted by molar-refractivity contribution is 6.09. The lowest BCUT2D eigenvalue weighted by molar-refractivity contribution is -0.121. The molecule has 1 atom stereocenters. The largest absolute Gasteiger partial charge is 0.495 e. The monoisotopic (exact) mass is 279 g/mol. The minimum absolute atomic E-state index is 0.0874. The molecule has 0 bridgehead atoms. The third kappa shape index (κ3) is 3.20. The number of carbonyl (C=O) groups excluding carboxylic acids is 1. The van der Waals surface area contributed by atoms with Gasteiger partial charge in [-0.1, -0.05) is 31.1 Å². The number of ether oxygens (including phenoxy) is 1. The van der Waals surface area contributed by atoms with Gasteiger partial charge in [-0.15, -0.1) is 0 Å². The van der Waals surface area contributed by atoms with Crippen molar-refractivity contribution in [3.63, 3.8) is 0 Å². The fraction of sp³-hybridized carbons (Fsp3) is 0.429. The number of benzene rings is 1. The Bertz CT molecular complexity index is 500. The molecule has 0 aliphatic carbocycles. The van der Waals surface area contributed by atoms with E-state index in [1.165, 1.54) is 4.90 Å². The van der Waals surface area contributed by atoms with Gasteiger partial charge in [-0.25, -0.2) is 0 Å². The predicted molar refractivity (Wildman–Crippen MR) is 78.1 cm³/mol. The van der Waals surface area contributed by atoms with Gasteiger partial charge in [0.2, 0.25) is 5.91 Å². The van der Waals surface area contributed by atoms with Crippen molar-refractivity contribution in [1.29, 1.82) is 0 Å². The van der Waals surface area contributed by atoms with Crippen molar-refractivity contribution in [1.82, 2.24) is 0 Å². The molecule has 0 heterocycles. The van der Waals surface area contributed by atoms with Crippen LogP contribution in [0.2, 0.25) is 0 Å². The molecule has 3 N–H and O–H groups in total. The third-order valence-electron chi connectivity index (χ3n) is 3.14. The number of amidine groups is 1. The molecule has 0 saturated carbocycles. The fourth-order valence-electron chi connectivity index (χ4n) is 2.05. The van der Waals surface area contributed by atoms with Crippen LogP contribution in [0.1, 0.15) is 13.8 Å². The van der Waals surface area contributed by atoms with Crippen molar-refractivity contribution in [3.05, 3.63) is 24.3 Å². The van der Waals surface area contributed by atoms with E-state index < -0.39 is 5.92 Å². The van der Waals surface area contributed by atoms with Gasteiger partial charge in [0.05, 0.1) is 12.8 Å². The van der Waals surface area contributed by atoms with Crippen molar-refractivity contribution in [2.75, 3.05) is 19.1 Å². The maximum Gasteiger partial charge on any atom is 0.237 e. The second-order valence-corrected chi connectivity index (χ2v) is 4.82. The predicted octanol–water partition coefficient (Wildman–Crippen LogP) is 1.68. The van der Waals surface area contributed by atoms with E-state index in [1.54, 1.807) is 26.3 Å². The highest BCUT2D eigenvalue weighted by Crippen LogP contribution is 2.28. The summed E-state index contributed by atoms with van der Waals surface area (Å²) in [7, 11) is 3.18. The number of hydrogen-bond acceptors (Lipinski definition) is 4. The van der Waals surface area contributed by atoms with Crippen molar-refractivity contribution in [3.8, 4) is 5.75 Å². The Morgan fingerprint density at radius 1 is 1.40 bits per heavy atom. The topological polar surface area (TPSA) is 88.2 Å². The lowest BCUT2D eigenvalue weighted by Gasteiger charge is -2.26. The molecule has 110 valence electrons. The summed E-state index contributed by atoms with van der Waals surface area (Å²) in [6, 6.07) is 7.19. The first-order chi connectivity index (χ1) is 9.43. The van der Waals surface area contributed by atoms with Gasteiger partial charge in [0, 0.05) is 7.05 Å². The second-order valence-electron chi connectivity index (χ2n) is 4.82. The van der Waals surface area contributed by atoms with Crippen LogP contribution in [0.4, 0.5) is 5.69 Å². The van der Waals surface area contributed by atoms with E-state index in [2.05, 4.69) is 5.16 Å². The summed E-state index contributed by atoms with van der Waals surface area (Å²) in [6.07, 6.45) is 0. The molecule has 1 rings (SSSR count). The van der Waals surface area contributed by atoms with Gasteiger partial charge in [-0.2, -0.15) is 0 Å². The zero-order chi connectivity index (χ0) is 15.3. The number of oxime groups is 1. The van der Waals surface area contributed by atoms with E-state index in [9.17, 15) is 4.79 Å². The standard InChI is InChI=1S/C14H21N3O3/c1-9(2)12(13(15)16-19)14(18)17(3)10-7-5-6-8-11(10)20-4/h5-9,12,19H,1-4H3,(H2,15,16). The Kier molecular flexibility index (Phi) is 5.37. The van der Waals surface area contributed by atoms with Crippen LogP contribution < -0.4 is 15.4 Å². The number of carbonyl (C=O) groups is 1. The molecular formula is C14H21N3O3. The first-order valence-electron chi connectivity index (χ1n) is 6.32. The molecule has 1 aromatic rings. The first-order valence-corrected chi connectivity index (χ1v) is 6.32. The van der Waals surface area contributed by atoms with Crippen molar-refractivity contribution in [2.24, 2.45) is 22.7 Å². The smallest absolute Gasteiger partial charge is 0.237 e. The number of amides is 1. The van der Waals surface area contributed by atoms with Gasteiger partial charge in [0.15, 0.2) is 5.84 Å². The van der Waals surface area contributed by atoms with Gasteiger partial charge in [0.25, 0.3) is 0 Å². The maximum absolute atomic E-state index is 12.6. The van der Waals surface area contributed by atoms with Crippen LogP contribution in [0.25, 0.3) is 0 Å². The van der Waals surface area contributed by atoms with Crippen LogP contribution in [0.3, 0.4) is 0 Å². The normalized spacial score (nSPS) is 13.2. The number of methoxy groups -OCH3 is 1. The van der Waals surface area contributed by atoms with Crippen molar-refractivity contribution >= 4 is 17.4 Å². The molecule has 0 aliphatic rings. The van der Waals surface area contributed by atoms with E-state index in [0.717, 1.165) is 0 Å². The van der Waals surface area contributed by atoms with Crippen LogP contribution in [0, 0.1) is 11.8 Å². The van der Waals surface area contributed by atoms with E-state index in [-0.39, 0.29) is 17.7 Å². The van der Waals surface area contributed by atoms with Gasteiger partial charge in [-0.3, -0.25) is 4.79 Å². The third-order valence-corrected chi connectivity index (χ3v) is 3.14. The average Bonchev–Trinajstić information content (AvgIpc) is 2.45. The summed E-state index contributed by atoms with van der Waals surface area (Å²) in [5.41, 5.74) is 6.26. The SMILES string of the molecule is COc1ccccc1N(C)C(=O)C(C(N)=NO)C(C)C. The van der Waals surface area contributed by atoms with Gasteiger partial charge in [-0.05, 0) is 18.1 Å². The Morgan fingerprint density at radius 3 is 2.50 bits per heavy atom.